The molecule has 0 aromatic heterocycles. The molecule has 0 radical (unpaired) electrons. The van der Waals surface area contributed by atoms with Crippen molar-refractivity contribution in [3.63, 3.8) is 0 Å². The molecule has 1 aromatic rings. The van der Waals surface area contributed by atoms with Crippen LogP contribution in [0.5, 0.6) is 5.75 Å². The first kappa shape index (κ1) is 11.2. The van der Waals surface area contributed by atoms with Crippen LogP contribution in [0.4, 0.5) is 11.4 Å². The average Bonchev–Trinajstić information content (AvgIpc) is 2.83. The third kappa shape index (κ3) is 1.66. The Bertz CT molecular complexity index is 486. The van der Waals surface area contributed by atoms with Gasteiger partial charge >= 0.3 is 0 Å². The van der Waals surface area contributed by atoms with Crippen molar-refractivity contribution in [2.45, 2.75) is 13.3 Å². The molecule has 0 bridgehead atoms. The van der Waals surface area contributed by atoms with Crippen molar-refractivity contribution in [3.8, 4) is 5.75 Å². The van der Waals surface area contributed by atoms with Crippen molar-refractivity contribution in [2.75, 3.05) is 36.5 Å². The molecule has 0 amide bonds. The van der Waals surface area contributed by atoms with E-state index in [-0.39, 0.29) is 0 Å². The Labute approximate surface area is 107 Å². The van der Waals surface area contributed by atoms with E-state index in [0.717, 1.165) is 43.2 Å². The Morgan fingerprint density at radius 3 is 2.94 bits per heavy atom. The second kappa shape index (κ2) is 4.40. The Kier molecular flexibility index (Phi) is 2.74. The Balaban J connectivity index is 2.06. The van der Waals surface area contributed by atoms with Gasteiger partial charge in [-0.05, 0) is 18.6 Å². The quantitative estimate of drug-likeness (QED) is 0.738. The number of nitrogens with zero attached hydrogens (tertiary/aromatic N) is 1. The highest BCUT2D eigenvalue weighted by molar-refractivity contribution is 5.97. The second-order valence-corrected chi connectivity index (χ2v) is 4.50. The van der Waals surface area contributed by atoms with Gasteiger partial charge in [0, 0.05) is 25.2 Å². The molecular weight excluding hydrogens is 228 g/mol. The molecule has 5 nitrogen and oxygen atoms in total. The van der Waals surface area contributed by atoms with E-state index in [1.165, 1.54) is 5.56 Å². The number of anilines is 2. The number of ether oxygens (including phenoxy) is 1. The van der Waals surface area contributed by atoms with Crippen LogP contribution in [0.1, 0.15) is 12.5 Å². The fourth-order valence-electron chi connectivity index (χ4n) is 2.59. The van der Waals surface area contributed by atoms with Crippen LogP contribution in [-0.4, -0.2) is 32.2 Å². The van der Waals surface area contributed by atoms with E-state index >= 15 is 0 Å². The molecule has 2 aliphatic heterocycles. The molecular formula is C13H18N4O. The summed E-state index contributed by atoms with van der Waals surface area (Å²) in [6.45, 7) is 5.37. The Morgan fingerprint density at radius 2 is 2.22 bits per heavy atom. The number of benzene rings is 1. The van der Waals surface area contributed by atoms with Gasteiger partial charge in [0.15, 0.2) is 5.96 Å². The monoisotopic (exact) mass is 246 g/mol. The predicted molar refractivity (Wildman–Crippen MR) is 72.9 cm³/mol. The number of rotatable bonds is 2. The van der Waals surface area contributed by atoms with E-state index in [9.17, 15) is 0 Å². The van der Waals surface area contributed by atoms with E-state index in [1.807, 2.05) is 4.90 Å². The smallest absolute Gasteiger partial charge is 0.195 e. The fourth-order valence-corrected chi connectivity index (χ4v) is 2.59. The van der Waals surface area contributed by atoms with E-state index in [4.69, 9.17) is 10.1 Å². The molecule has 96 valence electrons. The lowest BCUT2D eigenvalue weighted by molar-refractivity contribution is 0.320. The van der Waals surface area contributed by atoms with E-state index in [0.29, 0.717) is 12.6 Å². The van der Waals surface area contributed by atoms with Crippen molar-refractivity contribution in [1.29, 1.82) is 5.41 Å². The van der Waals surface area contributed by atoms with Crippen molar-refractivity contribution < 1.29 is 4.74 Å². The zero-order valence-corrected chi connectivity index (χ0v) is 10.5. The maximum Gasteiger partial charge on any atom is 0.195 e. The third-order valence-corrected chi connectivity index (χ3v) is 3.44. The van der Waals surface area contributed by atoms with Gasteiger partial charge in [0.2, 0.25) is 0 Å². The molecule has 0 saturated carbocycles. The maximum atomic E-state index is 7.91. The van der Waals surface area contributed by atoms with Crippen LogP contribution in [0.15, 0.2) is 12.1 Å². The van der Waals surface area contributed by atoms with E-state index < -0.39 is 0 Å². The summed E-state index contributed by atoms with van der Waals surface area (Å²) in [6.07, 6.45) is 0.907. The van der Waals surface area contributed by atoms with Crippen LogP contribution >= 0.6 is 0 Å². The number of nitrogens with one attached hydrogen (secondary N) is 3. The SMILES string of the molecule is CCc1c(N2CCNC2=N)ccc2c1OCCN2. The van der Waals surface area contributed by atoms with Crippen LogP contribution in [0.2, 0.25) is 0 Å². The van der Waals surface area contributed by atoms with Gasteiger partial charge in [-0.1, -0.05) is 6.92 Å². The molecule has 0 spiro atoms. The molecule has 5 heteroatoms. The van der Waals surface area contributed by atoms with E-state index in [1.54, 1.807) is 0 Å². The summed E-state index contributed by atoms with van der Waals surface area (Å²) in [5, 5.41) is 14.3. The standard InChI is InChI=1S/C13H18N4O/c1-2-9-11(17-7-5-16-13(17)14)4-3-10-12(9)18-8-6-15-10/h3-4,15H,2,5-8H2,1H3,(H2,14,16). The number of fused-ring (bicyclic) bond motifs is 1. The summed E-state index contributed by atoms with van der Waals surface area (Å²) in [5.74, 6) is 1.44. The van der Waals surface area contributed by atoms with Crippen LogP contribution in [0, 0.1) is 5.41 Å². The summed E-state index contributed by atoms with van der Waals surface area (Å²) in [4.78, 5) is 2.01. The highest BCUT2D eigenvalue weighted by Crippen LogP contribution is 2.38. The van der Waals surface area contributed by atoms with Crippen LogP contribution in [0.3, 0.4) is 0 Å². The minimum Gasteiger partial charge on any atom is -0.489 e. The fraction of sp³-hybridized carbons (Fsp3) is 0.462. The van der Waals surface area contributed by atoms with Gasteiger partial charge in [-0.3, -0.25) is 5.41 Å². The minimum absolute atomic E-state index is 0.480. The first-order valence-electron chi connectivity index (χ1n) is 6.43. The Hall–Kier alpha value is -1.91. The van der Waals surface area contributed by atoms with Gasteiger partial charge in [-0.2, -0.15) is 0 Å². The molecule has 1 saturated heterocycles. The largest absolute Gasteiger partial charge is 0.489 e. The zero-order valence-electron chi connectivity index (χ0n) is 10.5. The van der Waals surface area contributed by atoms with Crippen LogP contribution in [-0.2, 0) is 6.42 Å². The number of guanidine groups is 1. The number of hydrogen-bond acceptors (Lipinski definition) is 3. The molecule has 0 unspecified atom stereocenters. The zero-order chi connectivity index (χ0) is 12.5. The molecule has 1 aromatic carbocycles. The van der Waals surface area contributed by atoms with Crippen molar-refractivity contribution in [3.05, 3.63) is 17.7 Å². The van der Waals surface area contributed by atoms with Crippen LogP contribution < -0.4 is 20.3 Å². The lowest BCUT2D eigenvalue weighted by Gasteiger charge is -2.26. The summed E-state index contributed by atoms with van der Waals surface area (Å²) < 4.78 is 5.80. The maximum absolute atomic E-state index is 7.91. The summed E-state index contributed by atoms with van der Waals surface area (Å²) in [5.41, 5.74) is 3.35. The molecule has 3 N–H and O–H groups in total. The normalized spacial score (nSPS) is 17.8. The highest BCUT2D eigenvalue weighted by Gasteiger charge is 2.24. The Morgan fingerprint density at radius 1 is 1.33 bits per heavy atom. The minimum atomic E-state index is 0.480. The average molecular weight is 246 g/mol. The summed E-state index contributed by atoms with van der Waals surface area (Å²) in [7, 11) is 0. The van der Waals surface area contributed by atoms with Crippen molar-refractivity contribution in [1.82, 2.24) is 5.32 Å². The van der Waals surface area contributed by atoms with Gasteiger partial charge < -0.3 is 20.3 Å². The second-order valence-electron chi connectivity index (χ2n) is 4.50. The van der Waals surface area contributed by atoms with Gasteiger partial charge in [0.05, 0.1) is 11.4 Å². The third-order valence-electron chi connectivity index (χ3n) is 3.44. The molecule has 0 atom stereocenters. The number of hydrogen-bond donors (Lipinski definition) is 3. The molecule has 3 rings (SSSR count). The van der Waals surface area contributed by atoms with Crippen LogP contribution in [0.25, 0.3) is 0 Å². The molecule has 18 heavy (non-hydrogen) atoms. The van der Waals surface area contributed by atoms with Gasteiger partial charge in [-0.15, -0.1) is 0 Å². The summed E-state index contributed by atoms with van der Waals surface area (Å²) >= 11 is 0. The van der Waals surface area contributed by atoms with E-state index in [2.05, 4.69) is 29.7 Å². The topological polar surface area (TPSA) is 60.4 Å². The summed E-state index contributed by atoms with van der Waals surface area (Å²) in [6, 6.07) is 4.13. The molecule has 2 aliphatic rings. The van der Waals surface area contributed by atoms with Crippen molar-refractivity contribution >= 4 is 17.3 Å². The van der Waals surface area contributed by atoms with Crippen molar-refractivity contribution in [2.24, 2.45) is 0 Å². The first-order valence-corrected chi connectivity index (χ1v) is 6.43. The van der Waals surface area contributed by atoms with Gasteiger partial charge in [0.1, 0.15) is 12.4 Å². The lowest BCUT2D eigenvalue weighted by atomic mass is 10.1. The molecule has 1 fully saturated rings. The predicted octanol–water partition coefficient (Wildman–Crippen LogP) is 1.40. The first-order chi connectivity index (χ1) is 8.81. The van der Waals surface area contributed by atoms with Gasteiger partial charge in [-0.25, -0.2) is 0 Å². The lowest BCUT2D eigenvalue weighted by Crippen LogP contribution is -2.30. The molecule has 2 heterocycles. The highest BCUT2D eigenvalue weighted by atomic mass is 16.5. The van der Waals surface area contributed by atoms with Gasteiger partial charge in [0.25, 0.3) is 0 Å². The molecule has 0 aliphatic carbocycles.